The molecule has 1 unspecified atom stereocenters. The Bertz CT molecular complexity index is 413. The van der Waals surface area contributed by atoms with Crippen LogP contribution in [0.4, 0.5) is 0 Å². The third-order valence-corrected chi connectivity index (χ3v) is 3.65. The second-order valence-corrected chi connectivity index (χ2v) is 5.39. The smallest absolute Gasteiger partial charge is 0.222 e. The van der Waals surface area contributed by atoms with E-state index in [-0.39, 0.29) is 5.91 Å². The van der Waals surface area contributed by atoms with Gasteiger partial charge in [0.2, 0.25) is 5.91 Å². The number of hydrogen-bond acceptors (Lipinski definition) is 3. The van der Waals surface area contributed by atoms with E-state index in [4.69, 9.17) is 0 Å². The summed E-state index contributed by atoms with van der Waals surface area (Å²) in [5.41, 5.74) is 0.419. The number of nitrogens with one attached hydrogen (secondary N) is 1. The van der Waals surface area contributed by atoms with E-state index in [0.29, 0.717) is 25.9 Å². The van der Waals surface area contributed by atoms with Crippen LogP contribution in [0.25, 0.3) is 0 Å². The molecule has 0 bridgehead atoms. The third kappa shape index (κ3) is 4.04. The van der Waals surface area contributed by atoms with Gasteiger partial charge in [-0.15, -0.1) is 0 Å². The van der Waals surface area contributed by atoms with E-state index in [1.165, 1.54) is 5.56 Å². The maximum absolute atomic E-state index is 12.0. The minimum Gasteiger partial charge on any atom is -0.387 e. The summed E-state index contributed by atoms with van der Waals surface area (Å²) >= 11 is 0. The summed E-state index contributed by atoms with van der Waals surface area (Å²) in [6, 6.07) is 10.00. The van der Waals surface area contributed by atoms with Gasteiger partial charge in [0.25, 0.3) is 0 Å². The number of carbonyl (C=O) groups is 1. The van der Waals surface area contributed by atoms with Gasteiger partial charge in [-0.1, -0.05) is 30.3 Å². The molecule has 0 saturated carbocycles. The largest absolute Gasteiger partial charge is 0.387 e. The Morgan fingerprint density at radius 2 is 2.16 bits per heavy atom. The lowest BCUT2D eigenvalue weighted by Gasteiger charge is -2.28. The Labute approximate surface area is 114 Å². The zero-order valence-corrected chi connectivity index (χ0v) is 11.4. The molecule has 1 fully saturated rings. The molecule has 0 aromatic heterocycles. The normalized spacial score (nSPS) is 22.4. The lowest BCUT2D eigenvalue weighted by Crippen LogP contribution is -2.45. The number of aryl methyl sites for hydroxylation is 1. The number of nitrogens with zero attached hydrogens (tertiary/aromatic N) is 1. The summed E-state index contributed by atoms with van der Waals surface area (Å²) in [4.78, 5) is 13.7. The van der Waals surface area contributed by atoms with Crippen LogP contribution >= 0.6 is 0 Å². The van der Waals surface area contributed by atoms with Crippen LogP contribution in [-0.2, 0) is 11.2 Å². The zero-order chi connectivity index (χ0) is 13.7. The van der Waals surface area contributed by atoms with Gasteiger partial charge in [0.15, 0.2) is 0 Å². The number of β-amino-alcohol motifs (C(OH)–C–C–N with tert-alkyl or cyclic N) is 1. The molecule has 104 valence electrons. The molecule has 1 aromatic rings. The molecular weight excluding hydrogens is 240 g/mol. The highest BCUT2D eigenvalue weighted by Gasteiger charge is 2.33. The first-order valence-electron chi connectivity index (χ1n) is 6.80. The van der Waals surface area contributed by atoms with Crippen molar-refractivity contribution >= 4 is 5.91 Å². The highest BCUT2D eigenvalue weighted by molar-refractivity contribution is 5.76. The van der Waals surface area contributed by atoms with Crippen LogP contribution in [0.5, 0.6) is 0 Å². The van der Waals surface area contributed by atoms with E-state index in [1.54, 1.807) is 11.9 Å². The first-order chi connectivity index (χ1) is 9.09. The molecule has 1 saturated heterocycles. The topological polar surface area (TPSA) is 52.6 Å². The number of benzene rings is 1. The fraction of sp³-hybridized carbons (Fsp3) is 0.533. The number of amides is 1. The van der Waals surface area contributed by atoms with E-state index < -0.39 is 5.60 Å². The third-order valence-electron chi connectivity index (χ3n) is 3.65. The van der Waals surface area contributed by atoms with Crippen molar-refractivity contribution in [1.82, 2.24) is 10.2 Å². The predicted molar refractivity (Wildman–Crippen MR) is 74.8 cm³/mol. The maximum atomic E-state index is 12.0. The second kappa shape index (κ2) is 6.17. The average Bonchev–Trinajstić information content (AvgIpc) is 2.83. The van der Waals surface area contributed by atoms with Gasteiger partial charge in [-0.3, -0.25) is 4.79 Å². The lowest BCUT2D eigenvalue weighted by molar-refractivity contribution is -0.132. The summed E-state index contributed by atoms with van der Waals surface area (Å²) in [5, 5.41) is 13.4. The van der Waals surface area contributed by atoms with Crippen LogP contribution in [0.2, 0.25) is 0 Å². The molecule has 0 radical (unpaired) electrons. The van der Waals surface area contributed by atoms with Crippen molar-refractivity contribution in [3.63, 3.8) is 0 Å². The lowest BCUT2D eigenvalue weighted by atomic mass is 10.0. The molecule has 1 aromatic carbocycles. The first kappa shape index (κ1) is 14.0. The van der Waals surface area contributed by atoms with Gasteiger partial charge in [0.05, 0.1) is 12.1 Å². The Hall–Kier alpha value is -1.39. The Kier molecular flexibility index (Phi) is 4.56. The van der Waals surface area contributed by atoms with Crippen molar-refractivity contribution in [3.05, 3.63) is 35.9 Å². The molecule has 0 aliphatic carbocycles. The van der Waals surface area contributed by atoms with Gasteiger partial charge >= 0.3 is 0 Å². The summed E-state index contributed by atoms with van der Waals surface area (Å²) in [6.07, 6.45) is 1.95. The molecule has 4 heteroatoms. The van der Waals surface area contributed by atoms with Crippen LogP contribution < -0.4 is 5.32 Å². The van der Waals surface area contributed by atoms with Gasteiger partial charge in [0.1, 0.15) is 0 Å². The number of aliphatic hydroxyl groups is 1. The molecule has 1 amide bonds. The number of hydrogen-bond donors (Lipinski definition) is 2. The van der Waals surface area contributed by atoms with E-state index in [1.807, 2.05) is 30.3 Å². The second-order valence-electron chi connectivity index (χ2n) is 5.39. The van der Waals surface area contributed by atoms with Crippen molar-refractivity contribution < 1.29 is 9.90 Å². The van der Waals surface area contributed by atoms with Crippen molar-refractivity contribution in [1.29, 1.82) is 0 Å². The highest BCUT2D eigenvalue weighted by atomic mass is 16.3. The van der Waals surface area contributed by atoms with Crippen LogP contribution in [0.15, 0.2) is 30.3 Å². The fourth-order valence-electron chi connectivity index (χ4n) is 2.48. The summed E-state index contributed by atoms with van der Waals surface area (Å²) in [5.74, 6) is 0.0872. The molecule has 19 heavy (non-hydrogen) atoms. The van der Waals surface area contributed by atoms with Gasteiger partial charge in [-0.05, 0) is 24.9 Å². The minimum atomic E-state index is -0.753. The van der Waals surface area contributed by atoms with Crippen LogP contribution in [0.3, 0.4) is 0 Å². The number of carbonyl (C=O) groups excluding carboxylic acids is 1. The van der Waals surface area contributed by atoms with Crippen molar-refractivity contribution in [2.75, 3.05) is 26.7 Å². The fourth-order valence-corrected chi connectivity index (χ4v) is 2.48. The molecule has 0 spiro atoms. The van der Waals surface area contributed by atoms with Gasteiger partial charge < -0.3 is 15.3 Å². The van der Waals surface area contributed by atoms with E-state index in [0.717, 1.165) is 13.0 Å². The van der Waals surface area contributed by atoms with Crippen molar-refractivity contribution in [3.8, 4) is 0 Å². The number of rotatable bonds is 5. The maximum Gasteiger partial charge on any atom is 0.222 e. The van der Waals surface area contributed by atoms with E-state index >= 15 is 0 Å². The summed E-state index contributed by atoms with van der Waals surface area (Å²) in [6.45, 7) is 1.81. The molecule has 1 aliphatic heterocycles. The SMILES string of the molecule is CN(CC1(O)CCNC1)C(=O)CCc1ccccc1. The van der Waals surface area contributed by atoms with Gasteiger partial charge in [0, 0.05) is 20.0 Å². The Morgan fingerprint density at radius 1 is 1.42 bits per heavy atom. The number of likely N-dealkylation sites (N-methyl/N-ethyl adjacent to an activating group) is 1. The van der Waals surface area contributed by atoms with Crippen LogP contribution in [0, 0.1) is 0 Å². The minimum absolute atomic E-state index is 0.0872. The molecule has 4 nitrogen and oxygen atoms in total. The standard InChI is InChI=1S/C15H22N2O2/c1-17(12-15(19)9-10-16-11-15)14(18)8-7-13-5-3-2-4-6-13/h2-6,16,19H,7-12H2,1H3. The molecular formula is C15H22N2O2. The highest BCUT2D eigenvalue weighted by Crippen LogP contribution is 2.16. The van der Waals surface area contributed by atoms with Crippen LogP contribution in [-0.4, -0.2) is 48.2 Å². The molecule has 1 aliphatic rings. The summed E-state index contributed by atoms with van der Waals surface area (Å²) in [7, 11) is 1.77. The van der Waals surface area contributed by atoms with E-state index in [2.05, 4.69) is 5.32 Å². The summed E-state index contributed by atoms with van der Waals surface area (Å²) < 4.78 is 0. The van der Waals surface area contributed by atoms with Crippen LogP contribution in [0.1, 0.15) is 18.4 Å². The Balaban J connectivity index is 1.79. The Morgan fingerprint density at radius 3 is 2.79 bits per heavy atom. The van der Waals surface area contributed by atoms with Crippen molar-refractivity contribution in [2.24, 2.45) is 0 Å². The predicted octanol–water partition coefficient (Wildman–Crippen LogP) is 0.802. The molecule has 1 heterocycles. The monoisotopic (exact) mass is 262 g/mol. The molecule has 2 rings (SSSR count). The quantitative estimate of drug-likeness (QED) is 0.825. The van der Waals surface area contributed by atoms with Crippen molar-refractivity contribution in [2.45, 2.75) is 24.9 Å². The molecule has 1 atom stereocenters. The zero-order valence-electron chi connectivity index (χ0n) is 11.4. The average molecular weight is 262 g/mol. The van der Waals surface area contributed by atoms with Gasteiger partial charge in [-0.25, -0.2) is 0 Å². The first-order valence-corrected chi connectivity index (χ1v) is 6.80. The van der Waals surface area contributed by atoms with Gasteiger partial charge in [-0.2, -0.15) is 0 Å². The molecule has 2 N–H and O–H groups in total. The van der Waals surface area contributed by atoms with E-state index in [9.17, 15) is 9.90 Å².